The fourth-order valence-corrected chi connectivity index (χ4v) is 4.73. The van der Waals surface area contributed by atoms with Crippen LogP contribution in [0.5, 0.6) is 0 Å². The highest BCUT2D eigenvalue weighted by molar-refractivity contribution is 6.17. The van der Waals surface area contributed by atoms with Crippen molar-refractivity contribution < 1.29 is 0 Å². The molecule has 5 aromatic rings. The van der Waals surface area contributed by atoms with Crippen LogP contribution in [0.25, 0.3) is 38.6 Å². The standard InChI is InChI=1S/C26H19N/c1-17-7-6-9-20(15-17)27-23-12-5-4-11-22(23)26-24(27)14-13-19-16-18-8-2-3-10-21(18)25(19)26/h2-15H,16H2,1H3. The Bertz CT molecular complexity index is 1350. The molecule has 1 heteroatoms. The maximum atomic E-state index is 2.42. The first-order chi connectivity index (χ1) is 13.3. The zero-order chi connectivity index (χ0) is 18.0. The number of aromatic nitrogens is 1. The molecule has 0 amide bonds. The Morgan fingerprint density at radius 3 is 2.48 bits per heavy atom. The molecule has 0 spiro atoms. The topological polar surface area (TPSA) is 4.93 Å². The van der Waals surface area contributed by atoms with Crippen LogP contribution in [-0.2, 0) is 6.42 Å². The van der Waals surface area contributed by atoms with Crippen LogP contribution in [0.3, 0.4) is 0 Å². The molecule has 0 atom stereocenters. The van der Waals surface area contributed by atoms with E-state index in [-0.39, 0.29) is 0 Å². The molecule has 0 bridgehead atoms. The third kappa shape index (κ3) is 2.00. The summed E-state index contributed by atoms with van der Waals surface area (Å²) in [5, 5.41) is 2.72. The average Bonchev–Trinajstić information content (AvgIpc) is 3.23. The van der Waals surface area contributed by atoms with E-state index in [4.69, 9.17) is 0 Å². The second kappa shape index (κ2) is 5.34. The van der Waals surface area contributed by atoms with Crippen molar-refractivity contribution in [2.75, 3.05) is 0 Å². The van der Waals surface area contributed by atoms with Crippen molar-refractivity contribution in [3.63, 3.8) is 0 Å². The summed E-state index contributed by atoms with van der Waals surface area (Å²) in [7, 11) is 0. The molecule has 1 nitrogen and oxygen atoms in total. The fourth-order valence-electron chi connectivity index (χ4n) is 4.73. The van der Waals surface area contributed by atoms with Crippen molar-refractivity contribution in [1.82, 2.24) is 4.57 Å². The third-order valence-electron chi connectivity index (χ3n) is 5.85. The van der Waals surface area contributed by atoms with Crippen molar-refractivity contribution in [3.05, 3.63) is 102 Å². The number of benzene rings is 4. The fraction of sp³-hybridized carbons (Fsp3) is 0.0769. The predicted octanol–water partition coefficient (Wildman–Crippen LogP) is 6.66. The van der Waals surface area contributed by atoms with E-state index in [0.717, 1.165) is 6.42 Å². The van der Waals surface area contributed by atoms with Crippen LogP contribution in [0.4, 0.5) is 0 Å². The highest BCUT2D eigenvalue weighted by Gasteiger charge is 2.24. The molecular formula is C26H19N. The summed E-state index contributed by atoms with van der Waals surface area (Å²) in [4.78, 5) is 0. The molecule has 128 valence electrons. The van der Waals surface area contributed by atoms with Gasteiger partial charge in [0.2, 0.25) is 0 Å². The number of hydrogen-bond acceptors (Lipinski definition) is 0. The number of para-hydroxylation sites is 1. The zero-order valence-corrected chi connectivity index (χ0v) is 15.2. The highest BCUT2D eigenvalue weighted by atomic mass is 15.0. The maximum absolute atomic E-state index is 2.42. The molecule has 6 rings (SSSR count). The van der Waals surface area contributed by atoms with Gasteiger partial charge in [-0.2, -0.15) is 0 Å². The second-order valence-electron chi connectivity index (χ2n) is 7.52. The molecule has 0 aliphatic heterocycles. The maximum Gasteiger partial charge on any atom is 0.0547 e. The Balaban J connectivity index is 1.82. The summed E-state index contributed by atoms with van der Waals surface area (Å²) in [5.41, 5.74) is 10.8. The number of nitrogens with zero attached hydrogens (tertiary/aromatic N) is 1. The van der Waals surface area contributed by atoms with Gasteiger partial charge in [0.25, 0.3) is 0 Å². The zero-order valence-electron chi connectivity index (χ0n) is 15.2. The molecule has 27 heavy (non-hydrogen) atoms. The van der Waals surface area contributed by atoms with Crippen molar-refractivity contribution in [2.24, 2.45) is 0 Å². The SMILES string of the molecule is Cc1cccc(-n2c3ccccc3c3c4c(ccc32)Cc2ccccc2-4)c1. The van der Waals surface area contributed by atoms with Crippen LogP contribution in [0, 0.1) is 6.92 Å². The lowest BCUT2D eigenvalue weighted by molar-refractivity contribution is 1.17. The van der Waals surface area contributed by atoms with Crippen molar-refractivity contribution in [3.8, 4) is 16.8 Å². The van der Waals surface area contributed by atoms with Crippen LogP contribution < -0.4 is 0 Å². The van der Waals surface area contributed by atoms with Crippen molar-refractivity contribution in [1.29, 1.82) is 0 Å². The van der Waals surface area contributed by atoms with E-state index in [2.05, 4.69) is 96.4 Å². The van der Waals surface area contributed by atoms with Gasteiger partial charge in [0.15, 0.2) is 0 Å². The van der Waals surface area contributed by atoms with E-state index in [0.29, 0.717) is 0 Å². The van der Waals surface area contributed by atoms with Crippen molar-refractivity contribution >= 4 is 21.8 Å². The first-order valence-corrected chi connectivity index (χ1v) is 9.51. The Morgan fingerprint density at radius 2 is 1.56 bits per heavy atom. The highest BCUT2D eigenvalue weighted by Crippen LogP contribution is 2.45. The van der Waals surface area contributed by atoms with Gasteiger partial charge in [0.05, 0.1) is 11.0 Å². The summed E-state index contributed by atoms with van der Waals surface area (Å²) < 4.78 is 2.42. The molecule has 0 radical (unpaired) electrons. The van der Waals surface area contributed by atoms with Crippen LogP contribution in [0.1, 0.15) is 16.7 Å². The van der Waals surface area contributed by atoms with Gasteiger partial charge in [0.1, 0.15) is 0 Å². The minimum Gasteiger partial charge on any atom is -0.309 e. The third-order valence-corrected chi connectivity index (χ3v) is 5.85. The molecule has 0 N–H and O–H groups in total. The van der Waals surface area contributed by atoms with Gasteiger partial charge in [-0.25, -0.2) is 0 Å². The smallest absolute Gasteiger partial charge is 0.0547 e. The molecule has 0 saturated heterocycles. The number of hydrogen-bond donors (Lipinski definition) is 0. The lowest BCUT2D eigenvalue weighted by atomic mass is 9.99. The normalized spacial score (nSPS) is 12.5. The summed E-state index contributed by atoms with van der Waals surface area (Å²) in [6, 6.07) is 31.1. The van der Waals surface area contributed by atoms with E-state index in [1.165, 1.54) is 55.3 Å². The Kier molecular flexibility index (Phi) is 2.93. The number of fused-ring (bicyclic) bond motifs is 7. The van der Waals surface area contributed by atoms with Gasteiger partial charge in [-0.3, -0.25) is 0 Å². The molecule has 4 aromatic carbocycles. The minimum atomic E-state index is 1.03. The Labute approximate surface area is 158 Å². The Morgan fingerprint density at radius 1 is 0.704 bits per heavy atom. The monoisotopic (exact) mass is 345 g/mol. The lowest BCUT2D eigenvalue weighted by Gasteiger charge is -2.09. The summed E-state index contributed by atoms with van der Waals surface area (Å²) >= 11 is 0. The summed E-state index contributed by atoms with van der Waals surface area (Å²) in [5.74, 6) is 0. The first-order valence-electron chi connectivity index (χ1n) is 9.51. The number of rotatable bonds is 1. The first kappa shape index (κ1) is 14.8. The van der Waals surface area contributed by atoms with Crippen molar-refractivity contribution in [2.45, 2.75) is 13.3 Å². The van der Waals surface area contributed by atoms with Gasteiger partial charge >= 0.3 is 0 Å². The van der Waals surface area contributed by atoms with E-state index < -0.39 is 0 Å². The number of aryl methyl sites for hydroxylation is 1. The summed E-state index contributed by atoms with van der Waals surface area (Å²) in [6.45, 7) is 2.16. The van der Waals surface area contributed by atoms with Gasteiger partial charge < -0.3 is 4.57 Å². The van der Waals surface area contributed by atoms with Crippen LogP contribution >= 0.6 is 0 Å². The van der Waals surface area contributed by atoms with Crippen LogP contribution in [0.2, 0.25) is 0 Å². The quantitative estimate of drug-likeness (QED) is 0.314. The average molecular weight is 345 g/mol. The summed E-state index contributed by atoms with van der Waals surface area (Å²) in [6.07, 6.45) is 1.03. The lowest BCUT2D eigenvalue weighted by Crippen LogP contribution is -1.94. The largest absolute Gasteiger partial charge is 0.309 e. The van der Waals surface area contributed by atoms with Gasteiger partial charge in [-0.05, 0) is 65.4 Å². The Hall–Kier alpha value is -3.32. The van der Waals surface area contributed by atoms with Gasteiger partial charge in [0, 0.05) is 16.5 Å². The molecular weight excluding hydrogens is 326 g/mol. The molecule has 1 aliphatic rings. The molecule has 0 unspecified atom stereocenters. The van der Waals surface area contributed by atoms with Crippen LogP contribution in [0.15, 0.2) is 84.9 Å². The van der Waals surface area contributed by atoms with E-state index in [1.54, 1.807) is 0 Å². The second-order valence-corrected chi connectivity index (χ2v) is 7.52. The molecule has 1 heterocycles. The predicted molar refractivity (Wildman–Crippen MR) is 114 cm³/mol. The van der Waals surface area contributed by atoms with E-state index in [1.807, 2.05) is 0 Å². The minimum absolute atomic E-state index is 1.03. The molecule has 0 fully saturated rings. The molecule has 0 saturated carbocycles. The van der Waals surface area contributed by atoms with Crippen LogP contribution in [-0.4, -0.2) is 4.57 Å². The van der Waals surface area contributed by atoms with Gasteiger partial charge in [-0.1, -0.05) is 60.7 Å². The van der Waals surface area contributed by atoms with Gasteiger partial charge in [-0.15, -0.1) is 0 Å². The molecule has 1 aromatic heterocycles. The molecule has 1 aliphatic carbocycles. The van der Waals surface area contributed by atoms with E-state index in [9.17, 15) is 0 Å². The van der Waals surface area contributed by atoms with E-state index >= 15 is 0 Å².